The minimum absolute atomic E-state index is 0. The fourth-order valence-electron chi connectivity index (χ4n) is 3.27. The molecule has 5 nitrogen and oxygen atoms in total. The second-order valence-electron chi connectivity index (χ2n) is 7.27. The van der Waals surface area contributed by atoms with Gasteiger partial charge in [0, 0.05) is 0 Å². The van der Waals surface area contributed by atoms with E-state index in [-0.39, 0.29) is 41.1 Å². The van der Waals surface area contributed by atoms with Crippen molar-refractivity contribution in [2.45, 2.75) is 96.8 Å². The van der Waals surface area contributed by atoms with Gasteiger partial charge in [-0.3, -0.25) is 0 Å². The first-order chi connectivity index (χ1) is 12.9. The van der Waals surface area contributed by atoms with Crippen LogP contribution in [0.25, 0.3) is 0 Å². The summed E-state index contributed by atoms with van der Waals surface area (Å²) in [5, 5.41) is 9.84. The Labute approximate surface area is 193 Å². The van der Waals surface area contributed by atoms with E-state index in [1.807, 2.05) is 0 Å². The van der Waals surface area contributed by atoms with E-state index in [9.17, 15) is 18.1 Å². The van der Waals surface area contributed by atoms with Crippen molar-refractivity contribution in [1.29, 1.82) is 0 Å². The first-order valence-electron chi connectivity index (χ1n) is 10.4. The largest absolute Gasteiger partial charge is 1.00 e. The molecule has 0 heterocycles. The van der Waals surface area contributed by atoms with Crippen LogP contribution in [0, 0.1) is 0 Å². The number of rotatable bonds is 16. The predicted octanol–water partition coefficient (Wildman–Crippen LogP) is 2.87. The number of aromatic hydroxyl groups is 1. The molecule has 0 saturated carbocycles. The molecule has 0 spiro atoms. The third-order valence-corrected chi connectivity index (χ3v) is 5.20. The maximum absolute atomic E-state index is 10.6. The maximum Gasteiger partial charge on any atom is 1.00 e. The Hall–Kier alpha value is -0.270. The van der Waals surface area contributed by atoms with Crippen molar-refractivity contribution in [3.8, 4) is 11.5 Å². The molecule has 1 aromatic rings. The third kappa shape index (κ3) is 14.7. The summed E-state index contributed by atoms with van der Waals surface area (Å²) in [7, 11) is -4.79. The molecular formula is C21H35NaO5S. The predicted molar refractivity (Wildman–Crippen MR) is 108 cm³/mol. The summed E-state index contributed by atoms with van der Waals surface area (Å²) in [5.41, 5.74) is 0.610. The third-order valence-electron chi connectivity index (χ3n) is 4.80. The normalized spacial score (nSPS) is 11.2. The van der Waals surface area contributed by atoms with Crippen LogP contribution < -0.4 is 33.7 Å². The summed E-state index contributed by atoms with van der Waals surface area (Å²) in [6.07, 6.45) is 17.1. The summed E-state index contributed by atoms with van der Waals surface area (Å²) < 4.78 is 36.2. The molecule has 7 heteroatoms. The van der Waals surface area contributed by atoms with E-state index in [4.69, 9.17) is 0 Å². The SMILES string of the molecule is CCCCCCCCCCCCCCCc1cc(OS(=O)(=O)[O-])ccc1O.[Na+]. The number of phenols is 1. The summed E-state index contributed by atoms with van der Waals surface area (Å²) >= 11 is 0. The van der Waals surface area contributed by atoms with Crippen LogP contribution in [0.4, 0.5) is 0 Å². The number of aryl methyl sites for hydroxylation is 1. The van der Waals surface area contributed by atoms with Gasteiger partial charge < -0.3 is 13.8 Å². The molecule has 0 saturated heterocycles. The van der Waals surface area contributed by atoms with Crippen LogP contribution in [0.1, 0.15) is 96.0 Å². The standard InChI is InChI=1S/C21H36O5S.Na/c1-2-3-4-5-6-7-8-9-10-11-12-13-14-15-19-18-20(16-17-21(19)22)26-27(23,24)25;/h16-18,22H,2-15H2,1H3,(H,23,24,25);/q;+1/p-1. The second-order valence-corrected chi connectivity index (χ2v) is 8.26. The van der Waals surface area contributed by atoms with Crippen LogP contribution in [-0.4, -0.2) is 18.1 Å². The second kappa shape index (κ2) is 16.5. The molecule has 0 radical (unpaired) electrons. The molecule has 28 heavy (non-hydrogen) atoms. The van der Waals surface area contributed by atoms with Gasteiger partial charge in [-0.15, -0.1) is 0 Å². The average molecular weight is 423 g/mol. The van der Waals surface area contributed by atoms with Crippen molar-refractivity contribution in [1.82, 2.24) is 0 Å². The van der Waals surface area contributed by atoms with Gasteiger partial charge in [0.2, 0.25) is 0 Å². The van der Waals surface area contributed by atoms with Crippen molar-refractivity contribution >= 4 is 10.4 Å². The van der Waals surface area contributed by atoms with E-state index in [1.54, 1.807) is 0 Å². The molecule has 0 aliphatic rings. The van der Waals surface area contributed by atoms with E-state index >= 15 is 0 Å². The fraction of sp³-hybridized carbons (Fsp3) is 0.714. The van der Waals surface area contributed by atoms with Gasteiger partial charge in [-0.1, -0.05) is 84.0 Å². The van der Waals surface area contributed by atoms with Gasteiger partial charge in [-0.2, -0.15) is 0 Å². The quantitative estimate of drug-likeness (QED) is 0.192. The molecule has 0 amide bonds. The Kier molecular flexibility index (Phi) is 16.4. The molecule has 0 aliphatic heterocycles. The molecule has 156 valence electrons. The van der Waals surface area contributed by atoms with E-state index in [0.717, 1.165) is 12.8 Å². The molecular weight excluding hydrogens is 387 g/mol. The first kappa shape index (κ1) is 27.7. The van der Waals surface area contributed by atoms with Gasteiger partial charge in [-0.05, 0) is 36.6 Å². The molecule has 0 aromatic heterocycles. The monoisotopic (exact) mass is 422 g/mol. The maximum atomic E-state index is 10.6. The van der Waals surface area contributed by atoms with Crippen LogP contribution in [0.15, 0.2) is 18.2 Å². The topological polar surface area (TPSA) is 86.7 Å². The minimum Gasteiger partial charge on any atom is -0.716 e. The van der Waals surface area contributed by atoms with Crippen molar-refractivity contribution in [2.24, 2.45) is 0 Å². The summed E-state index contributed by atoms with van der Waals surface area (Å²) in [6.45, 7) is 2.25. The zero-order chi connectivity index (χ0) is 20.0. The van der Waals surface area contributed by atoms with Crippen molar-refractivity contribution < 1.29 is 51.8 Å². The van der Waals surface area contributed by atoms with Crippen LogP contribution in [-0.2, 0) is 16.8 Å². The van der Waals surface area contributed by atoms with E-state index in [2.05, 4.69) is 11.1 Å². The Morgan fingerprint density at radius 1 is 0.857 bits per heavy atom. The van der Waals surface area contributed by atoms with Crippen molar-refractivity contribution in [3.05, 3.63) is 23.8 Å². The van der Waals surface area contributed by atoms with Gasteiger partial charge in [0.05, 0.1) is 0 Å². The molecule has 0 aliphatic carbocycles. The Bertz CT molecular complexity index is 619. The van der Waals surface area contributed by atoms with E-state index < -0.39 is 10.4 Å². The molecule has 1 aromatic carbocycles. The molecule has 0 atom stereocenters. The summed E-state index contributed by atoms with van der Waals surface area (Å²) in [4.78, 5) is 0. The van der Waals surface area contributed by atoms with Crippen LogP contribution >= 0.6 is 0 Å². The van der Waals surface area contributed by atoms with Gasteiger partial charge >= 0.3 is 29.6 Å². The smallest absolute Gasteiger partial charge is 0.716 e. The molecule has 0 bridgehead atoms. The van der Waals surface area contributed by atoms with Crippen molar-refractivity contribution in [3.63, 3.8) is 0 Å². The van der Waals surface area contributed by atoms with E-state index in [0.29, 0.717) is 12.0 Å². The summed E-state index contributed by atoms with van der Waals surface area (Å²) in [6, 6.07) is 4.06. The zero-order valence-corrected chi connectivity index (χ0v) is 20.4. The van der Waals surface area contributed by atoms with Crippen LogP contribution in [0.5, 0.6) is 11.5 Å². The Morgan fingerprint density at radius 3 is 1.79 bits per heavy atom. The Balaban J connectivity index is 0.00000729. The number of phenolic OH excluding ortho intramolecular Hbond substituents is 1. The zero-order valence-electron chi connectivity index (χ0n) is 17.6. The molecule has 0 unspecified atom stereocenters. The number of benzene rings is 1. The van der Waals surface area contributed by atoms with Gasteiger partial charge in [0.25, 0.3) is 10.4 Å². The fourth-order valence-corrected chi connectivity index (χ4v) is 3.60. The van der Waals surface area contributed by atoms with E-state index in [1.165, 1.54) is 88.8 Å². The van der Waals surface area contributed by atoms with Crippen LogP contribution in [0.2, 0.25) is 0 Å². The number of unbranched alkanes of at least 4 members (excludes halogenated alkanes) is 12. The van der Waals surface area contributed by atoms with Crippen LogP contribution in [0.3, 0.4) is 0 Å². The minimum atomic E-state index is -4.79. The van der Waals surface area contributed by atoms with Crippen molar-refractivity contribution in [2.75, 3.05) is 0 Å². The average Bonchev–Trinajstić information content (AvgIpc) is 2.60. The number of hydrogen-bond donors (Lipinski definition) is 1. The molecule has 1 N–H and O–H groups in total. The van der Waals surface area contributed by atoms with Gasteiger partial charge in [-0.25, -0.2) is 8.42 Å². The van der Waals surface area contributed by atoms with Gasteiger partial charge in [0.15, 0.2) is 0 Å². The molecule has 0 fully saturated rings. The summed E-state index contributed by atoms with van der Waals surface area (Å²) in [5.74, 6) is 0.0528. The molecule has 1 rings (SSSR count). The first-order valence-corrected chi connectivity index (χ1v) is 11.7. The number of hydrogen-bond acceptors (Lipinski definition) is 5. The Morgan fingerprint density at radius 2 is 1.32 bits per heavy atom. The van der Waals surface area contributed by atoms with Gasteiger partial charge in [0.1, 0.15) is 11.5 Å².